The van der Waals surface area contributed by atoms with Crippen molar-refractivity contribution < 1.29 is 4.74 Å². The zero-order chi connectivity index (χ0) is 12.1. The molecule has 0 amide bonds. The Bertz CT molecular complexity index is 363. The zero-order valence-electron chi connectivity index (χ0n) is 10.3. The molecule has 1 aromatic carbocycles. The van der Waals surface area contributed by atoms with Gasteiger partial charge in [-0.05, 0) is 65.4 Å². The van der Waals surface area contributed by atoms with Crippen molar-refractivity contribution in [3.05, 3.63) is 28.2 Å². The summed E-state index contributed by atoms with van der Waals surface area (Å²) in [5, 5.41) is 3.40. The quantitative estimate of drug-likeness (QED) is 0.774. The van der Waals surface area contributed by atoms with Crippen molar-refractivity contribution in [1.29, 1.82) is 0 Å². The topological polar surface area (TPSA) is 21.3 Å². The number of benzene rings is 1. The molecule has 1 aliphatic carbocycles. The summed E-state index contributed by atoms with van der Waals surface area (Å²) in [5.74, 6) is 1.77. The maximum atomic E-state index is 5.77. The molecule has 0 saturated heterocycles. The molecule has 94 valence electrons. The first-order valence-electron chi connectivity index (χ1n) is 6.41. The Labute approximate surface area is 112 Å². The molecule has 3 heteroatoms. The summed E-state index contributed by atoms with van der Waals surface area (Å²) >= 11 is 3.57. The molecule has 2 nitrogen and oxygen atoms in total. The summed E-state index contributed by atoms with van der Waals surface area (Å²) < 4.78 is 6.84. The van der Waals surface area contributed by atoms with E-state index < -0.39 is 0 Å². The minimum Gasteiger partial charge on any atom is -0.492 e. The summed E-state index contributed by atoms with van der Waals surface area (Å²) in [6.07, 6.45) is 3.83. The third kappa shape index (κ3) is 4.32. The van der Waals surface area contributed by atoms with E-state index in [1.165, 1.54) is 24.8 Å². The van der Waals surface area contributed by atoms with Crippen LogP contribution in [0.2, 0.25) is 0 Å². The van der Waals surface area contributed by atoms with Crippen LogP contribution in [0.5, 0.6) is 5.75 Å². The van der Waals surface area contributed by atoms with Crippen LogP contribution >= 0.6 is 15.9 Å². The lowest BCUT2D eigenvalue weighted by atomic mass is 10.2. The van der Waals surface area contributed by atoms with Crippen molar-refractivity contribution in [3.8, 4) is 5.75 Å². The van der Waals surface area contributed by atoms with Crippen molar-refractivity contribution >= 4 is 15.9 Å². The minimum atomic E-state index is 0.799. The average Bonchev–Trinajstić information content (AvgIpc) is 3.12. The molecule has 0 aromatic heterocycles. The van der Waals surface area contributed by atoms with Crippen LogP contribution in [0.15, 0.2) is 22.7 Å². The second-order valence-corrected chi connectivity index (χ2v) is 5.55. The van der Waals surface area contributed by atoms with E-state index in [1.54, 1.807) is 0 Å². The molecule has 1 aliphatic rings. The first kappa shape index (κ1) is 12.9. The molecule has 0 unspecified atom stereocenters. The Morgan fingerprint density at radius 1 is 1.41 bits per heavy atom. The zero-order valence-corrected chi connectivity index (χ0v) is 11.9. The first-order chi connectivity index (χ1) is 8.29. The van der Waals surface area contributed by atoms with Gasteiger partial charge in [0.15, 0.2) is 0 Å². The second kappa shape index (κ2) is 6.41. The molecule has 0 bridgehead atoms. The molecule has 0 spiro atoms. The van der Waals surface area contributed by atoms with Gasteiger partial charge in [-0.25, -0.2) is 0 Å². The van der Waals surface area contributed by atoms with Gasteiger partial charge in [-0.2, -0.15) is 0 Å². The van der Waals surface area contributed by atoms with Crippen LogP contribution < -0.4 is 10.1 Å². The van der Waals surface area contributed by atoms with Crippen LogP contribution in [0.3, 0.4) is 0 Å². The highest BCUT2D eigenvalue weighted by atomic mass is 79.9. The van der Waals surface area contributed by atoms with Crippen molar-refractivity contribution in [2.75, 3.05) is 13.2 Å². The Morgan fingerprint density at radius 2 is 2.24 bits per heavy atom. The molecule has 17 heavy (non-hydrogen) atoms. The van der Waals surface area contributed by atoms with Crippen LogP contribution in [-0.4, -0.2) is 13.2 Å². The van der Waals surface area contributed by atoms with Gasteiger partial charge < -0.3 is 10.1 Å². The molecule has 1 N–H and O–H groups in total. The minimum absolute atomic E-state index is 0.799. The highest BCUT2D eigenvalue weighted by Crippen LogP contribution is 2.32. The number of rotatable bonds is 7. The molecular weight excluding hydrogens is 278 g/mol. The lowest BCUT2D eigenvalue weighted by Gasteiger charge is -2.09. The average molecular weight is 298 g/mol. The Hall–Kier alpha value is -0.540. The summed E-state index contributed by atoms with van der Waals surface area (Å²) in [7, 11) is 0. The molecule has 2 rings (SSSR count). The fourth-order valence-corrected chi connectivity index (χ4v) is 2.21. The van der Waals surface area contributed by atoms with E-state index in [9.17, 15) is 0 Å². The van der Waals surface area contributed by atoms with Crippen molar-refractivity contribution in [1.82, 2.24) is 5.32 Å². The van der Waals surface area contributed by atoms with Crippen LogP contribution in [0, 0.1) is 5.92 Å². The number of hydrogen-bond donors (Lipinski definition) is 1. The molecule has 1 fully saturated rings. The summed E-state index contributed by atoms with van der Waals surface area (Å²) in [5.41, 5.74) is 1.30. The lowest BCUT2D eigenvalue weighted by Crippen LogP contribution is -2.13. The standard InChI is InChI=1S/C14H20BrNO/c1-2-7-16-9-12-5-6-14(13(15)8-12)17-10-11-3-4-11/h5-6,8,11,16H,2-4,7,9-10H2,1H3. The number of halogens is 1. The van der Waals surface area contributed by atoms with Gasteiger partial charge in [0, 0.05) is 6.54 Å². The van der Waals surface area contributed by atoms with Gasteiger partial charge in [0.05, 0.1) is 11.1 Å². The number of hydrogen-bond acceptors (Lipinski definition) is 2. The van der Waals surface area contributed by atoms with E-state index in [-0.39, 0.29) is 0 Å². The van der Waals surface area contributed by atoms with E-state index in [1.807, 2.05) is 0 Å². The van der Waals surface area contributed by atoms with Gasteiger partial charge in [-0.3, -0.25) is 0 Å². The second-order valence-electron chi connectivity index (χ2n) is 4.70. The Kier molecular flexibility index (Phi) is 4.86. The highest BCUT2D eigenvalue weighted by molar-refractivity contribution is 9.10. The normalized spacial score (nSPS) is 14.9. The van der Waals surface area contributed by atoms with E-state index in [0.29, 0.717) is 0 Å². The van der Waals surface area contributed by atoms with Crippen LogP contribution in [0.25, 0.3) is 0 Å². The first-order valence-corrected chi connectivity index (χ1v) is 7.21. The van der Waals surface area contributed by atoms with E-state index >= 15 is 0 Å². The number of ether oxygens (including phenoxy) is 1. The molecule has 1 aromatic rings. The van der Waals surface area contributed by atoms with Gasteiger partial charge >= 0.3 is 0 Å². The van der Waals surface area contributed by atoms with Crippen molar-refractivity contribution in [2.24, 2.45) is 5.92 Å². The SMILES string of the molecule is CCCNCc1ccc(OCC2CC2)c(Br)c1. The van der Waals surface area contributed by atoms with Crippen LogP contribution in [0.1, 0.15) is 31.7 Å². The summed E-state index contributed by atoms with van der Waals surface area (Å²) in [4.78, 5) is 0. The fraction of sp³-hybridized carbons (Fsp3) is 0.571. The smallest absolute Gasteiger partial charge is 0.133 e. The summed E-state index contributed by atoms with van der Waals surface area (Å²) in [6, 6.07) is 6.34. The molecule has 0 atom stereocenters. The van der Waals surface area contributed by atoms with E-state index in [4.69, 9.17) is 4.74 Å². The van der Waals surface area contributed by atoms with E-state index in [0.717, 1.165) is 35.8 Å². The molecule has 0 radical (unpaired) electrons. The van der Waals surface area contributed by atoms with E-state index in [2.05, 4.69) is 46.4 Å². The van der Waals surface area contributed by atoms with Gasteiger partial charge in [-0.1, -0.05) is 13.0 Å². The van der Waals surface area contributed by atoms with Gasteiger partial charge in [0.1, 0.15) is 5.75 Å². The summed E-state index contributed by atoms with van der Waals surface area (Å²) in [6.45, 7) is 5.04. The predicted molar refractivity (Wildman–Crippen MR) is 74.4 cm³/mol. The fourth-order valence-electron chi connectivity index (χ4n) is 1.67. The number of nitrogens with one attached hydrogen (secondary N) is 1. The molecule has 0 heterocycles. The molecule has 1 saturated carbocycles. The van der Waals surface area contributed by atoms with Crippen molar-refractivity contribution in [2.45, 2.75) is 32.7 Å². The van der Waals surface area contributed by atoms with Gasteiger partial charge in [-0.15, -0.1) is 0 Å². The lowest BCUT2D eigenvalue weighted by molar-refractivity contribution is 0.298. The monoisotopic (exact) mass is 297 g/mol. The van der Waals surface area contributed by atoms with Crippen LogP contribution in [0.4, 0.5) is 0 Å². The highest BCUT2D eigenvalue weighted by Gasteiger charge is 2.22. The third-order valence-corrected chi connectivity index (χ3v) is 3.54. The third-order valence-electron chi connectivity index (χ3n) is 2.92. The van der Waals surface area contributed by atoms with Crippen molar-refractivity contribution in [3.63, 3.8) is 0 Å². The maximum Gasteiger partial charge on any atom is 0.133 e. The molecular formula is C14H20BrNO. The van der Waals surface area contributed by atoms with Crippen LogP contribution in [-0.2, 0) is 6.54 Å². The molecule has 0 aliphatic heterocycles. The maximum absolute atomic E-state index is 5.77. The Morgan fingerprint density at radius 3 is 2.88 bits per heavy atom. The van der Waals surface area contributed by atoms with Gasteiger partial charge in [0.25, 0.3) is 0 Å². The predicted octanol–water partition coefficient (Wildman–Crippen LogP) is 3.74. The Balaban J connectivity index is 1.85. The largest absolute Gasteiger partial charge is 0.492 e. The van der Waals surface area contributed by atoms with Gasteiger partial charge in [0.2, 0.25) is 0 Å².